The van der Waals surface area contributed by atoms with Gasteiger partial charge in [0.25, 0.3) is 11.8 Å². The highest BCUT2D eigenvalue weighted by Gasteiger charge is 2.44. The number of benzene rings is 2. The maximum atomic E-state index is 14.7. The molecule has 426 valence electrons. The average Bonchev–Trinajstić information content (AvgIpc) is 3.47. The highest BCUT2D eigenvalue weighted by molar-refractivity contribution is 7.46. The molecule has 0 saturated heterocycles. The summed E-state index contributed by atoms with van der Waals surface area (Å²) < 4.78 is 93.8. The summed E-state index contributed by atoms with van der Waals surface area (Å²) in [6, 6.07) is 12.7. The average molecular weight is 1130 g/mol. The number of hydrogen-bond acceptors (Lipinski definition) is 23. The zero-order valence-corrected chi connectivity index (χ0v) is 44.1. The van der Waals surface area contributed by atoms with E-state index in [1.807, 2.05) is 0 Å². The van der Waals surface area contributed by atoms with Gasteiger partial charge in [-0.3, -0.25) is 23.9 Å². The van der Waals surface area contributed by atoms with Crippen LogP contribution in [0.25, 0.3) is 0 Å². The van der Waals surface area contributed by atoms with Crippen molar-refractivity contribution in [3.05, 3.63) is 72.6 Å². The van der Waals surface area contributed by atoms with Crippen molar-refractivity contribution < 1.29 is 79.9 Å². The second-order valence-corrected chi connectivity index (χ2v) is 18.2. The van der Waals surface area contributed by atoms with Crippen molar-refractivity contribution in [1.82, 2.24) is 29.9 Å². The van der Waals surface area contributed by atoms with Gasteiger partial charge in [-0.1, -0.05) is 14.9 Å². The van der Waals surface area contributed by atoms with Crippen LogP contribution in [0.2, 0.25) is 0 Å². The van der Waals surface area contributed by atoms with Crippen molar-refractivity contribution >= 4 is 77.8 Å². The fourth-order valence-electron chi connectivity index (χ4n) is 7.37. The van der Waals surface area contributed by atoms with E-state index in [2.05, 4.69) is 55.7 Å². The molecule has 0 spiro atoms. The predicted octanol–water partition coefficient (Wildman–Crippen LogP) is 8.00. The molecule has 8 rings (SSSR count). The van der Waals surface area contributed by atoms with Gasteiger partial charge in [0, 0.05) is 42.8 Å². The number of phosphoric acid groups is 1. The van der Waals surface area contributed by atoms with Gasteiger partial charge in [-0.2, -0.15) is 9.97 Å². The number of hydrogen-bond donors (Lipinski definition) is 6. The lowest BCUT2D eigenvalue weighted by Gasteiger charge is -2.37. The SMILES string of the molecule is C.C.COCN1C(=O)C(C)(C)Oc2ccc(Nc3nc(Nc4cc(OC)c(OC)c(OC)c4)ncc3F)nc21.COc1cc(Nc2ncc(F)c(Nc3ccc4c(n3)N(COP(=O)(O)O)C(=O)C(C)(C)O4)n2)cc(OC)c1OC. The number of carbonyl (C=O) groups excluding carboxylic acids is 2. The maximum absolute atomic E-state index is 14.7. The van der Waals surface area contributed by atoms with Crippen LogP contribution in [0, 0.1) is 11.6 Å². The summed E-state index contributed by atoms with van der Waals surface area (Å²) in [5, 5.41) is 11.5. The van der Waals surface area contributed by atoms with Crippen molar-refractivity contribution in [2.45, 2.75) is 53.8 Å². The Kier molecular flexibility index (Phi) is 19.6. The van der Waals surface area contributed by atoms with Gasteiger partial charge in [-0.15, -0.1) is 0 Å². The van der Waals surface area contributed by atoms with Gasteiger partial charge in [-0.05, 0) is 52.0 Å². The van der Waals surface area contributed by atoms with Crippen molar-refractivity contribution in [3.63, 3.8) is 0 Å². The lowest BCUT2D eigenvalue weighted by molar-refractivity contribution is -0.134. The van der Waals surface area contributed by atoms with E-state index in [4.69, 9.17) is 52.4 Å². The lowest BCUT2D eigenvalue weighted by atomic mass is 10.1. The van der Waals surface area contributed by atoms with Crippen LogP contribution in [0.1, 0.15) is 42.5 Å². The minimum absolute atomic E-state index is 0. The second-order valence-electron chi connectivity index (χ2n) is 17.0. The molecule has 0 unspecified atom stereocenters. The van der Waals surface area contributed by atoms with Gasteiger partial charge in [0.1, 0.15) is 25.1 Å². The number of amides is 2. The largest absolute Gasteiger partial charge is 0.493 e. The summed E-state index contributed by atoms with van der Waals surface area (Å²) in [4.78, 5) is 71.2. The molecule has 2 aliphatic rings. The van der Waals surface area contributed by atoms with Gasteiger partial charge in [0.15, 0.2) is 80.6 Å². The number of ether oxygens (including phenoxy) is 9. The van der Waals surface area contributed by atoms with E-state index >= 15 is 0 Å². The maximum Gasteiger partial charge on any atom is 0.471 e. The van der Waals surface area contributed by atoms with Crippen LogP contribution in [-0.4, -0.2) is 126 Å². The van der Waals surface area contributed by atoms with Gasteiger partial charge < -0.3 is 73.7 Å². The van der Waals surface area contributed by atoms with Gasteiger partial charge >= 0.3 is 7.82 Å². The molecule has 0 radical (unpaired) electrons. The standard InChI is InChI=1S/C24H27FN6O6.C23H26FN6O9P.2CH4/c1-24(2)22(32)31(12-33-3)21-15(37-24)7-8-18(29-21)28-20-14(25)11-26-23(30-20)27-13-9-16(34-4)19(36-6)17(10-13)35-5;1-23(2)21(31)30(11-38-40(32,33)34)20-14(39-23)6-7-17(28-20)27-19-13(24)10-25-22(29-19)26-12-8-15(35-3)18(37-5)16(9-12)36-4;;/h7-11H,12H2,1-6H3,(H2,26,27,28,29,30);6-10H,11H2,1-5H3,(H2,32,33,34)(H2,25,26,27,28,29);2*1H4. The minimum Gasteiger partial charge on any atom is -0.493 e. The Morgan fingerprint density at radius 3 is 1.27 bits per heavy atom. The van der Waals surface area contributed by atoms with E-state index in [0.29, 0.717) is 51.6 Å². The number of rotatable bonds is 19. The van der Waals surface area contributed by atoms with Gasteiger partial charge in [-0.25, -0.2) is 33.3 Å². The molecule has 0 bridgehead atoms. The van der Waals surface area contributed by atoms with E-state index in [-0.39, 0.29) is 80.0 Å². The number of carbonyl (C=O) groups is 2. The predicted molar refractivity (Wildman–Crippen MR) is 286 cm³/mol. The van der Waals surface area contributed by atoms with Crippen LogP contribution in [0.15, 0.2) is 60.9 Å². The topological polar surface area (TPSA) is 316 Å². The van der Waals surface area contributed by atoms with Crippen LogP contribution in [0.4, 0.5) is 67.0 Å². The number of nitrogens with zero attached hydrogens (tertiary/aromatic N) is 8. The summed E-state index contributed by atoms with van der Waals surface area (Å²) in [6.45, 7) is 5.45. The smallest absolute Gasteiger partial charge is 0.471 e. The number of halogens is 2. The van der Waals surface area contributed by atoms with E-state index in [1.54, 1.807) is 50.2 Å². The summed E-state index contributed by atoms with van der Waals surface area (Å²) >= 11 is 0. The molecular weight excluding hydrogens is 1070 g/mol. The highest BCUT2D eigenvalue weighted by Crippen LogP contribution is 2.44. The van der Waals surface area contributed by atoms with Gasteiger partial charge in [0.05, 0.1) is 55.1 Å². The number of fused-ring (bicyclic) bond motifs is 2. The summed E-state index contributed by atoms with van der Waals surface area (Å²) in [5.41, 5.74) is -1.48. The van der Waals surface area contributed by atoms with Crippen LogP contribution < -0.4 is 69.0 Å². The highest BCUT2D eigenvalue weighted by atomic mass is 31.2. The third kappa shape index (κ3) is 13.9. The monoisotopic (exact) mass is 1130 g/mol. The van der Waals surface area contributed by atoms with Crippen LogP contribution in [0.3, 0.4) is 0 Å². The molecule has 6 heterocycles. The number of phosphoric ester groups is 1. The van der Waals surface area contributed by atoms with E-state index in [1.165, 1.54) is 80.6 Å². The Morgan fingerprint density at radius 1 is 0.570 bits per heavy atom. The normalized spacial score (nSPS) is 13.7. The first-order valence-electron chi connectivity index (χ1n) is 22.5. The molecule has 0 saturated carbocycles. The van der Waals surface area contributed by atoms with Crippen LogP contribution in [0.5, 0.6) is 46.0 Å². The third-order valence-corrected chi connectivity index (χ3v) is 11.3. The molecule has 0 aliphatic carbocycles. The fraction of sp³-hybridized carbons (Fsp3) is 0.347. The molecular formula is C49H61F2N12O15P. The molecule has 6 aromatic rings. The molecule has 4 aromatic heterocycles. The number of aromatic nitrogens is 6. The zero-order chi connectivity index (χ0) is 56.0. The minimum atomic E-state index is -4.91. The summed E-state index contributed by atoms with van der Waals surface area (Å²) in [6.07, 6.45) is 1.95. The summed E-state index contributed by atoms with van der Waals surface area (Å²) in [7, 11) is 5.44. The van der Waals surface area contributed by atoms with Crippen molar-refractivity contribution in [1.29, 1.82) is 0 Å². The Labute approximate surface area is 453 Å². The molecule has 0 atom stereocenters. The first-order valence-corrected chi connectivity index (χ1v) is 24.0. The molecule has 2 aromatic carbocycles. The quantitative estimate of drug-likeness (QED) is 0.0418. The molecule has 0 fully saturated rings. The van der Waals surface area contributed by atoms with Crippen molar-refractivity contribution in [2.24, 2.45) is 0 Å². The van der Waals surface area contributed by atoms with E-state index in [0.717, 1.165) is 17.3 Å². The molecule has 6 N–H and O–H groups in total. The first kappa shape index (κ1) is 61.2. The Bertz CT molecular complexity index is 3180. The number of anilines is 10. The first-order chi connectivity index (χ1) is 36.5. The molecule has 2 aliphatic heterocycles. The van der Waals surface area contributed by atoms with Crippen molar-refractivity contribution in [2.75, 3.05) is 94.3 Å². The van der Waals surface area contributed by atoms with E-state index in [9.17, 15) is 22.9 Å². The lowest BCUT2D eigenvalue weighted by Crippen LogP contribution is -2.53. The van der Waals surface area contributed by atoms with Crippen LogP contribution >= 0.6 is 7.82 Å². The Balaban J connectivity index is 0.000000284. The Hall–Kier alpha value is -8.63. The molecule has 2 amide bonds. The Morgan fingerprint density at radius 2 is 0.937 bits per heavy atom. The second kappa shape index (κ2) is 25.2. The number of nitrogens with one attached hydrogen (secondary N) is 4. The molecule has 30 heteroatoms. The number of methoxy groups -OCH3 is 7. The molecule has 27 nitrogen and oxygen atoms in total. The van der Waals surface area contributed by atoms with Gasteiger partial charge in [0.2, 0.25) is 23.4 Å². The van der Waals surface area contributed by atoms with E-state index < -0.39 is 43.3 Å². The number of pyridine rings is 2. The molecule has 79 heavy (non-hydrogen) atoms. The van der Waals surface area contributed by atoms with Crippen molar-refractivity contribution in [3.8, 4) is 46.0 Å². The zero-order valence-electron chi connectivity index (χ0n) is 43.2. The third-order valence-electron chi connectivity index (χ3n) is 10.9. The fourth-order valence-corrected chi connectivity index (χ4v) is 7.64. The van der Waals surface area contributed by atoms with Crippen LogP contribution in [-0.2, 0) is 23.4 Å². The summed E-state index contributed by atoms with van der Waals surface area (Å²) in [5.74, 6) is 0.488.